The lowest BCUT2D eigenvalue weighted by Crippen LogP contribution is -2.26. The molecule has 0 saturated heterocycles. The summed E-state index contributed by atoms with van der Waals surface area (Å²) in [5.74, 6) is 0. The summed E-state index contributed by atoms with van der Waals surface area (Å²) in [6.45, 7) is 0.763. The normalized spacial score (nSPS) is 11.3. The summed E-state index contributed by atoms with van der Waals surface area (Å²) in [5.41, 5.74) is 1.65. The quantitative estimate of drug-likeness (QED) is 0.679. The van der Waals surface area contributed by atoms with Crippen LogP contribution in [0.25, 0.3) is 0 Å². The first kappa shape index (κ1) is 12.0. The third-order valence-corrected chi connectivity index (χ3v) is 2.90. The Hall–Kier alpha value is -1.11. The summed E-state index contributed by atoms with van der Waals surface area (Å²) in [7, 11) is -0.196. The average molecular weight is 229 g/mol. The molecule has 84 valence electrons. The zero-order valence-electron chi connectivity index (χ0n) is 8.74. The van der Waals surface area contributed by atoms with Crippen LogP contribution in [0.15, 0.2) is 24.3 Å². The van der Waals surface area contributed by atoms with Gasteiger partial charge in [0, 0.05) is 19.3 Å². The third kappa shape index (κ3) is 3.86. The minimum absolute atomic E-state index is 0.546. The van der Waals surface area contributed by atoms with E-state index in [2.05, 4.69) is 14.8 Å². The highest BCUT2D eigenvalue weighted by molar-refractivity contribution is 7.90. The zero-order valence-corrected chi connectivity index (χ0v) is 9.56. The molecule has 0 aromatic heterocycles. The van der Waals surface area contributed by atoms with Crippen molar-refractivity contribution in [2.24, 2.45) is 0 Å². The monoisotopic (exact) mass is 229 g/mol. The van der Waals surface area contributed by atoms with E-state index < -0.39 is 10.2 Å². The van der Waals surface area contributed by atoms with Crippen molar-refractivity contribution in [1.29, 1.82) is 0 Å². The van der Waals surface area contributed by atoms with Gasteiger partial charge in [0.05, 0.1) is 0 Å². The van der Waals surface area contributed by atoms with Gasteiger partial charge >= 0.3 is 0 Å². The first-order valence-corrected chi connectivity index (χ1v) is 6.00. The van der Waals surface area contributed by atoms with Crippen molar-refractivity contribution >= 4 is 15.9 Å². The molecule has 0 atom stereocenters. The van der Waals surface area contributed by atoms with Gasteiger partial charge in [0.2, 0.25) is 0 Å². The Bertz CT molecular complexity index is 400. The van der Waals surface area contributed by atoms with Gasteiger partial charge in [-0.2, -0.15) is 8.42 Å². The highest BCUT2D eigenvalue weighted by atomic mass is 32.2. The number of nitrogens with one attached hydrogen (secondary N) is 3. The van der Waals surface area contributed by atoms with E-state index in [9.17, 15) is 8.42 Å². The Labute approximate surface area is 90.1 Å². The van der Waals surface area contributed by atoms with Crippen LogP contribution in [-0.2, 0) is 16.8 Å². The van der Waals surface area contributed by atoms with E-state index in [0.29, 0.717) is 5.69 Å². The van der Waals surface area contributed by atoms with Crippen molar-refractivity contribution in [2.75, 3.05) is 18.8 Å². The molecule has 0 radical (unpaired) electrons. The second kappa shape index (κ2) is 5.11. The lowest BCUT2D eigenvalue weighted by atomic mass is 10.2. The van der Waals surface area contributed by atoms with Crippen molar-refractivity contribution in [1.82, 2.24) is 10.0 Å². The molecule has 0 fully saturated rings. The van der Waals surface area contributed by atoms with Crippen LogP contribution in [0.5, 0.6) is 0 Å². The number of hydrogen-bond donors (Lipinski definition) is 3. The van der Waals surface area contributed by atoms with Crippen LogP contribution in [-0.4, -0.2) is 22.5 Å². The van der Waals surface area contributed by atoms with E-state index in [0.717, 1.165) is 12.1 Å². The summed E-state index contributed by atoms with van der Waals surface area (Å²) >= 11 is 0. The molecule has 0 bridgehead atoms. The maximum atomic E-state index is 11.1. The van der Waals surface area contributed by atoms with Gasteiger partial charge in [-0.25, -0.2) is 4.72 Å². The van der Waals surface area contributed by atoms with Crippen molar-refractivity contribution in [2.45, 2.75) is 6.54 Å². The molecule has 0 aliphatic carbocycles. The summed E-state index contributed by atoms with van der Waals surface area (Å²) in [6, 6.07) is 7.18. The predicted octanol–water partition coefficient (Wildman–Crippen LogP) is 0.282. The Morgan fingerprint density at radius 3 is 2.20 bits per heavy atom. The Kier molecular flexibility index (Phi) is 4.07. The van der Waals surface area contributed by atoms with Gasteiger partial charge in [0.1, 0.15) is 0 Å². The number of rotatable bonds is 5. The van der Waals surface area contributed by atoms with E-state index in [1.807, 2.05) is 19.2 Å². The molecule has 5 nitrogen and oxygen atoms in total. The first-order valence-electron chi connectivity index (χ1n) is 4.52. The van der Waals surface area contributed by atoms with Crippen LogP contribution < -0.4 is 14.8 Å². The molecule has 6 heteroatoms. The van der Waals surface area contributed by atoms with E-state index in [1.165, 1.54) is 7.05 Å². The van der Waals surface area contributed by atoms with Gasteiger partial charge in [0.25, 0.3) is 10.2 Å². The van der Waals surface area contributed by atoms with Crippen LogP contribution in [0.2, 0.25) is 0 Å². The fraction of sp³-hybridized carbons (Fsp3) is 0.333. The SMILES string of the molecule is CNCc1ccc(NS(=O)(=O)NC)cc1. The maximum absolute atomic E-state index is 11.1. The maximum Gasteiger partial charge on any atom is 0.298 e. The lowest BCUT2D eigenvalue weighted by molar-refractivity contribution is 0.593. The van der Waals surface area contributed by atoms with Gasteiger partial charge in [-0.05, 0) is 24.7 Å². The Balaban J connectivity index is 2.73. The molecule has 1 rings (SSSR count). The van der Waals surface area contributed by atoms with Crippen LogP contribution in [0.4, 0.5) is 5.69 Å². The molecule has 0 heterocycles. The van der Waals surface area contributed by atoms with Gasteiger partial charge in [0.15, 0.2) is 0 Å². The van der Waals surface area contributed by atoms with Crippen molar-refractivity contribution in [3.8, 4) is 0 Å². The summed E-state index contributed by atoms with van der Waals surface area (Å²) in [4.78, 5) is 0. The molecule has 0 aliphatic rings. The molecule has 0 aliphatic heterocycles. The molecule has 1 aromatic carbocycles. The summed E-state index contributed by atoms with van der Waals surface area (Å²) in [5, 5.41) is 3.01. The largest absolute Gasteiger partial charge is 0.316 e. The van der Waals surface area contributed by atoms with E-state index in [4.69, 9.17) is 0 Å². The van der Waals surface area contributed by atoms with Crippen molar-refractivity contribution in [3.63, 3.8) is 0 Å². The fourth-order valence-electron chi connectivity index (χ4n) is 1.10. The van der Waals surface area contributed by atoms with Gasteiger partial charge < -0.3 is 5.32 Å². The molecule has 3 N–H and O–H groups in total. The smallest absolute Gasteiger partial charge is 0.298 e. The fourth-order valence-corrected chi connectivity index (χ4v) is 1.65. The Morgan fingerprint density at radius 1 is 1.13 bits per heavy atom. The number of anilines is 1. The molecular weight excluding hydrogens is 214 g/mol. The second-order valence-corrected chi connectivity index (χ2v) is 4.66. The van der Waals surface area contributed by atoms with Crippen molar-refractivity contribution < 1.29 is 8.42 Å². The van der Waals surface area contributed by atoms with Gasteiger partial charge in [-0.1, -0.05) is 12.1 Å². The number of hydrogen-bond acceptors (Lipinski definition) is 3. The highest BCUT2D eigenvalue weighted by Crippen LogP contribution is 2.10. The number of benzene rings is 1. The minimum Gasteiger partial charge on any atom is -0.316 e. The molecule has 0 amide bonds. The molecule has 15 heavy (non-hydrogen) atoms. The standard InChI is InChI=1S/C9H15N3O2S/c1-10-7-8-3-5-9(6-4-8)12-15(13,14)11-2/h3-6,10-12H,7H2,1-2H3. The van der Waals surface area contributed by atoms with E-state index in [-0.39, 0.29) is 0 Å². The molecule has 0 unspecified atom stereocenters. The van der Waals surface area contributed by atoms with Crippen LogP contribution in [0, 0.1) is 0 Å². The van der Waals surface area contributed by atoms with Crippen LogP contribution in [0.3, 0.4) is 0 Å². The van der Waals surface area contributed by atoms with Crippen LogP contribution >= 0.6 is 0 Å². The molecule has 1 aromatic rings. The summed E-state index contributed by atoms with van der Waals surface area (Å²) < 4.78 is 26.8. The molecule has 0 spiro atoms. The van der Waals surface area contributed by atoms with Gasteiger partial charge in [-0.15, -0.1) is 0 Å². The first-order chi connectivity index (χ1) is 7.07. The van der Waals surface area contributed by atoms with E-state index in [1.54, 1.807) is 12.1 Å². The van der Waals surface area contributed by atoms with Crippen LogP contribution in [0.1, 0.15) is 5.56 Å². The summed E-state index contributed by atoms with van der Waals surface area (Å²) in [6.07, 6.45) is 0. The predicted molar refractivity (Wildman–Crippen MR) is 60.8 cm³/mol. The highest BCUT2D eigenvalue weighted by Gasteiger charge is 2.05. The molecular formula is C9H15N3O2S. The Morgan fingerprint density at radius 2 is 1.73 bits per heavy atom. The zero-order chi connectivity index (χ0) is 11.3. The molecule has 0 saturated carbocycles. The minimum atomic E-state index is -3.41. The van der Waals surface area contributed by atoms with E-state index >= 15 is 0 Å². The van der Waals surface area contributed by atoms with Gasteiger partial charge in [-0.3, -0.25) is 4.72 Å². The topological polar surface area (TPSA) is 70.2 Å². The third-order valence-electron chi connectivity index (χ3n) is 1.86. The lowest BCUT2D eigenvalue weighted by Gasteiger charge is -2.07. The second-order valence-electron chi connectivity index (χ2n) is 3.04. The van der Waals surface area contributed by atoms with Crippen molar-refractivity contribution in [3.05, 3.63) is 29.8 Å². The average Bonchev–Trinajstić information content (AvgIpc) is 2.21.